The molecule has 4 aliphatic heterocycles. The molecule has 45 heavy (non-hydrogen) atoms. The Labute approximate surface area is 266 Å². The SMILES string of the molecule is O=C1CCC(N2Cc3cc(CCN4CCC(N5CCN(C(c6ccccc6)c6ccccc6)CC5)CC4)ccc3C2=O)C(=O)N1. The molecule has 3 aromatic carbocycles. The summed E-state index contributed by atoms with van der Waals surface area (Å²) in [4.78, 5) is 46.6. The van der Waals surface area contributed by atoms with E-state index < -0.39 is 6.04 Å². The van der Waals surface area contributed by atoms with Gasteiger partial charge in [-0.3, -0.25) is 29.5 Å². The summed E-state index contributed by atoms with van der Waals surface area (Å²) in [6.07, 6.45) is 4.03. The van der Waals surface area contributed by atoms with Gasteiger partial charge in [-0.25, -0.2) is 0 Å². The molecule has 0 aliphatic carbocycles. The molecule has 0 radical (unpaired) electrons. The first-order valence-corrected chi connectivity index (χ1v) is 16.6. The van der Waals surface area contributed by atoms with Crippen molar-refractivity contribution in [2.75, 3.05) is 45.8 Å². The highest BCUT2D eigenvalue weighted by molar-refractivity contribution is 6.05. The van der Waals surface area contributed by atoms with Crippen LogP contribution in [0, 0.1) is 0 Å². The van der Waals surface area contributed by atoms with Crippen LogP contribution in [0.15, 0.2) is 78.9 Å². The van der Waals surface area contributed by atoms with Crippen molar-refractivity contribution in [1.82, 2.24) is 24.9 Å². The average Bonchev–Trinajstić information content (AvgIpc) is 3.40. The number of hydrogen-bond acceptors (Lipinski definition) is 6. The third-order valence-corrected chi connectivity index (χ3v) is 10.3. The number of nitrogens with zero attached hydrogens (tertiary/aromatic N) is 4. The normalized spacial score (nSPS) is 22.2. The third-order valence-electron chi connectivity index (χ3n) is 10.3. The van der Waals surface area contributed by atoms with E-state index in [1.807, 2.05) is 6.07 Å². The van der Waals surface area contributed by atoms with Gasteiger partial charge in [0, 0.05) is 57.3 Å². The molecule has 1 unspecified atom stereocenters. The molecule has 4 heterocycles. The average molecular weight is 606 g/mol. The number of piperidine rings is 2. The fourth-order valence-corrected chi connectivity index (χ4v) is 7.82. The second kappa shape index (κ2) is 13.3. The second-order valence-corrected chi connectivity index (χ2v) is 13.0. The van der Waals surface area contributed by atoms with E-state index in [2.05, 4.69) is 92.8 Å². The molecule has 0 spiro atoms. The minimum absolute atomic E-state index is 0.107. The van der Waals surface area contributed by atoms with Gasteiger partial charge in [-0.05, 0) is 67.1 Å². The second-order valence-electron chi connectivity index (χ2n) is 13.0. The number of carbonyl (C=O) groups excluding carboxylic acids is 3. The topological polar surface area (TPSA) is 76.2 Å². The monoisotopic (exact) mass is 605 g/mol. The van der Waals surface area contributed by atoms with Crippen LogP contribution in [0.2, 0.25) is 0 Å². The number of hydrogen-bond donors (Lipinski definition) is 1. The van der Waals surface area contributed by atoms with Crippen molar-refractivity contribution in [2.24, 2.45) is 0 Å². The number of rotatable bonds is 8. The summed E-state index contributed by atoms with van der Waals surface area (Å²) < 4.78 is 0. The summed E-state index contributed by atoms with van der Waals surface area (Å²) in [6, 6.07) is 28.4. The number of carbonyl (C=O) groups is 3. The predicted molar refractivity (Wildman–Crippen MR) is 174 cm³/mol. The molecular formula is C37H43N5O3. The van der Waals surface area contributed by atoms with Gasteiger partial charge in [0.2, 0.25) is 11.8 Å². The molecule has 3 fully saturated rings. The zero-order chi connectivity index (χ0) is 30.8. The summed E-state index contributed by atoms with van der Waals surface area (Å²) in [5.41, 5.74) is 5.64. The molecule has 4 aliphatic rings. The standard InChI is InChI=1S/C37H43N5O3/c43-34-14-13-33(36(44)38-34)42-26-30-25-27(11-12-32(30)37(42)45)15-18-39-19-16-31(17-20-39)40-21-23-41(24-22-40)35(28-7-3-1-4-8-28)29-9-5-2-6-10-29/h1-12,25,31,33,35H,13-24,26H2,(H,38,43,44). The molecule has 3 saturated heterocycles. The molecule has 3 amide bonds. The Hall–Kier alpha value is -3.85. The van der Waals surface area contributed by atoms with Crippen molar-refractivity contribution >= 4 is 17.7 Å². The third kappa shape index (κ3) is 6.45. The molecular weight excluding hydrogens is 562 g/mol. The van der Waals surface area contributed by atoms with E-state index in [4.69, 9.17) is 0 Å². The Morgan fingerprint density at radius 3 is 2.07 bits per heavy atom. The highest BCUT2D eigenvalue weighted by Crippen LogP contribution is 2.31. The van der Waals surface area contributed by atoms with Crippen molar-refractivity contribution < 1.29 is 14.4 Å². The number of fused-ring (bicyclic) bond motifs is 1. The first-order valence-electron chi connectivity index (χ1n) is 16.6. The van der Waals surface area contributed by atoms with Crippen LogP contribution in [0.3, 0.4) is 0 Å². The van der Waals surface area contributed by atoms with Gasteiger partial charge < -0.3 is 9.80 Å². The van der Waals surface area contributed by atoms with Crippen LogP contribution < -0.4 is 5.32 Å². The summed E-state index contributed by atoms with van der Waals surface area (Å²) in [7, 11) is 0. The van der Waals surface area contributed by atoms with E-state index in [9.17, 15) is 14.4 Å². The van der Waals surface area contributed by atoms with Gasteiger partial charge >= 0.3 is 0 Å². The zero-order valence-electron chi connectivity index (χ0n) is 25.9. The Morgan fingerprint density at radius 1 is 0.756 bits per heavy atom. The minimum atomic E-state index is -0.565. The van der Waals surface area contributed by atoms with Crippen LogP contribution in [0.4, 0.5) is 0 Å². The molecule has 8 heteroatoms. The zero-order valence-corrected chi connectivity index (χ0v) is 25.9. The van der Waals surface area contributed by atoms with E-state index in [0.717, 1.165) is 57.8 Å². The van der Waals surface area contributed by atoms with Gasteiger partial charge in [-0.2, -0.15) is 0 Å². The first kappa shape index (κ1) is 29.8. The molecule has 8 nitrogen and oxygen atoms in total. The number of amides is 3. The van der Waals surface area contributed by atoms with Gasteiger partial charge in [0.05, 0.1) is 6.04 Å². The summed E-state index contributed by atoms with van der Waals surface area (Å²) in [5, 5.41) is 2.38. The fraction of sp³-hybridized carbons (Fsp3) is 0.432. The maximum atomic E-state index is 13.0. The molecule has 7 rings (SSSR count). The van der Waals surface area contributed by atoms with Gasteiger partial charge in [-0.15, -0.1) is 0 Å². The highest BCUT2D eigenvalue weighted by Gasteiger charge is 2.39. The van der Waals surface area contributed by atoms with Crippen LogP contribution >= 0.6 is 0 Å². The smallest absolute Gasteiger partial charge is 0.255 e. The van der Waals surface area contributed by atoms with E-state index in [1.54, 1.807) is 4.90 Å². The fourth-order valence-electron chi connectivity index (χ4n) is 7.82. The van der Waals surface area contributed by atoms with Gasteiger partial charge in [0.25, 0.3) is 5.91 Å². The maximum absolute atomic E-state index is 13.0. The Bertz CT molecular complexity index is 1470. The van der Waals surface area contributed by atoms with Crippen LogP contribution in [0.25, 0.3) is 0 Å². The number of benzene rings is 3. The van der Waals surface area contributed by atoms with Crippen LogP contribution in [-0.4, -0.2) is 95.2 Å². The Morgan fingerprint density at radius 2 is 1.42 bits per heavy atom. The highest BCUT2D eigenvalue weighted by atomic mass is 16.2. The predicted octanol–water partition coefficient (Wildman–Crippen LogP) is 3.86. The number of nitrogens with one attached hydrogen (secondary N) is 1. The van der Waals surface area contributed by atoms with E-state index in [0.29, 0.717) is 30.6 Å². The number of piperazine rings is 1. The minimum Gasteiger partial charge on any atom is -0.322 e. The lowest BCUT2D eigenvalue weighted by atomic mass is 9.95. The maximum Gasteiger partial charge on any atom is 0.255 e. The van der Waals surface area contributed by atoms with Crippen molar-refractivity contribution in [1.29, 1.82) is 0 Å². The van der Waals surface area contributed by atoms with Gasteiger partial charge in [0.1, 0.15) is 6.04 Å². The van der Waals surface area contributed by atoms with Gasteiger partial charge in [0.15, 0.2) is 0 Å². The van der Waals surface area contributed by atoms with Crippen molar-refractivity contribution in [3.63, 3.8) is 0 Å². The molecule has 3 aromatic rings. The number of likely N-dealkylation sites (tertiary alicyclic amines) is 1. The van der Waals surface area contributed by atoms with E-state index in [-0.39, 0.29) is 24.1 Å². The quantitative estimate of drug-likeness (QED) is 0.393. The molecule has 0 bridgehead atoms. The van der Waals surface area contributed by atoms with Crippen LogP contribution in [-0.2, 0) is 22.6 Å². The molecule has 0 aromatic heterocycles. The molecule has 1 atom stereocenters. The van der Waals surface area contributed by atoms with Crippen molar-refractivity contribution in [2.45, 2.75) is 56.8 Å². The first-order chi connectivity index (χ1) is 22.0. The summed E-state index contributed by atoms with van der Waals surface area (Å²) in [5.74, 6) is -0.726. The van der Waals surface area contributed by atoms with Crippen molar-refractivity contribution in [3.05, 3.63) is 107 Å². The molecule has 234 valence electrons. The van der Waals surface area contributed by atoms with E-state index in [1.165, 1.54) is 29.5 Å². The largest absolute Gasteiger partial charge is 0.322 e. The van der Waals surface area contributed by atoms with E-state index >= 15 is 0 Å². The van der Waals surface area contributed by atoms with Gasteiger partial charge in [-0.1, -0.05) is 72.8 Å². The van der Waals surface area contributed by atoms with Crippen LogP contribution in [0.5, 0.6) is 0 Å². The lowest BCUT2D eigenvalue weighted by Gasteiger charge is -2.45. The summed E-state index contributed by atoms with van der Waals surface area (Å²) >= 11 is 0. The lowest BCUT2D eigenvalue weighted by molar-refractivity contribution is -0.136. The lowest BCUT2D eigenvalue weighted by Crippen LogP contribution is -2.53. The molecule has 1 N–H and O–H groups in total. The van der Waals surface area contributed by atoms with Crippen LogP contribution in [0.1, 0.15) is 64.3 Å². The van der Waals surface area contributed by atoms with Crippen molar-refractivity contribution in [3.8, 4) is 0 Å². The summed E-state index contributed by atoms with van der Waals surface area (Å²) in [6.45, 7) is 8.08. The Kier molecular flexibility index (Phi) is 8.79. The molecule has 0 saturated carbocycles. The number of imide groups is 1. The Balaban J connectivity index is 0.888.